The summed E-state index contributed by atoms with van der Waals surface area (Å²) < 4.78 is 17.6. The first kappa shape index (κ1) is 40.4. The van der Waals surface area contributed by atoms with Gasteiger partial charge in [-0.25, -0.2) is 0 Å². The first-order valence-electron chi connectivity index (χ1n) is 21.5. The van der Waals surface area contributed by atoms with Crippen LogP contribution in [0.4, 0.5) is 5.69 Å². The monoisotopic (exact) mass is 811 g/mol. The van der Waals surface area contributed by atoms with E-state index in [2.05, 4.69) is 38.3 Å². The quantitative estimate of drug-likeness (QED) is 0.123. The number of rotatable bonds is 9. The van der Waals surface area contributed by atoms with Gasteiger partial charge in [0.1, 0.15) is 17.3 Å². The number of likely N-dealkylation sites (N-methyl/N-ethyl adjacent to an activating group) is 1. The van der Waals surface area contributed by atoms with Gasteiger partial charge in [0.25, 0.3) is 5.91 Å². The van der Waals surface area contributed by atoms with Crippen LogP contribution in [0.5, 0.6) is 5.75 Å². The maximum atomic E-state index is 15.3. The molecule has 5 N–H and O–H groups in total. The van der Waals surface area contributed by atoms with Crippen LogP contribution in [0.1, 0.15) is 68.3 Å². The fourth-order valence-corrected chi connectivity index (χ4v) is 13.4. The highest BCUT2D eigenvalue weighted by Crippen LogP contribution is 2.67. The molecule has 13 heteroatoms. The number of carbonyl (C=O) groups excluding carboxylic acids is 2. The Morgan fingerprint density at radius 2 is 1.81 bits per heavy atom. The molecule has 59 heavy (non-hydrogen) atoms. The van der Waals surface area contributed by atoms with Crippen LogP contribution in [0.15, 0.2) is 48.6 Å². The maximum Gasteiger partial charge on any atom is 0.322 e. The van der Waals surface area contributed by atoms with Crippen molar-refractivity contribution in [1.29, 1.82) is 0 Å². The lowest BCUT2D eigenvalue weighted by Gasteiger charge is -2.63. The molecular formula is C46H61N5O8. The van der Waals surface area contributed by atoms with Crippen LogP contribution in [0.25, 0.3) is 10.9 Å². The van der Waals surface area contributed by atoms with Gasteiger partial charge in [0, 0.05) is 97.7 Å². The molecule has 6 aliphatic rings. The van der Waals surface area contributed by atoms with E-state index >= 15 is 4.79 Å². The molecule has 5 aliphatic heterocycles. The van der Waals surface area contributed by atoms with Crippen LogP contribution in [0, 0.1) is 11.3 Å². The molecular weight excluding hydrogens is 751 g/mol. The first-order valence-corrected chi connectivity index (χ1v) is 21.5. The van der Waals surface area contributed by atoms with Gasteiger partial charge in [0.15, 0.2) is 5.60 Å². The molecule has 10 atom stereocenters. The second kappa shape index (κ2) is 14.3. The van der Waals surface area contributed by atoms with Crippen LogP contribution in [-0.4, -0.2) is 146 Å². The summed E-state index contributed by atoms with van der Waals surface area (Å²) in [6.07, 6.45) is 5.90. The Bertz CT molecular complexity index is 2190. The molecule has 6 heterocycles. The van der Waals surface area contributed by atoms with Gasteiger partial charge in [0.2, 0.25) is 0 Å². The minimum atomic E-state index is -2.24. The number of aliphatic hydroxyl groups is 3. The predicted octanol–water partition coefficient (Wildman–Crippen LogP) is 3.01. The molecule has 2 aromatic carbocycles. The zero-order valence-electron chi connectivity index (χ0n) is 35.3. The van der Waals surface area contributed by atoms with E-state index < -0.39 is 51.5 Å². The molecule has 318 valence electrons. The van der Waals surface area contributed by atoms with Gasteiger partial charge in [0.05, 0.1) is 32.5 Å². The number of H-pyrrole nitrogens is 1. The maximum absolute atomic E-state index is 15.3. The third-order valence-corrected chi connectivity index (χ3v) is 15.8. The Balaban J connectivity index is 1.34. The minimum absolute atomic E-state index is 0.0828. The number of benzene rings is 2. The van der Waals surface area contributed by atoms with E-state index in [0.717, 1.165) is 46.5 Å². The normalized spacial score (nSPS) is 37.1. The van der Waals surface area contributed by atoms with Gasteiger partial charge in [-0.3, -0.25) is 19.4 Å². The summed E-state index contributed by atoms with van der Waals surface area (Å²) >= 11 is 0. The second-order valence-electron chi connectivity index (χ2n) is 18.4. The number of aliphatic hydroxyl groups excluding tert-OH is 1. The summed E-state index contributed by atoms with van der Waals surface area (Å²) in [6.45, 7) is 7.85. The van der Waals surface area contributed by atoms with E-state index in [1.54, 1.807) is 14.2 Å². The lowest BCUT2D eigenvalue weighted by molar-refractivity contribution is -0.203. The van der Waals surface area contributed by atoms with E-state index in [1.165, 1.54) is 7.11 Å². The van der Waals surface area contributed by atoms with Crippen molar-refractivity contribution in [3.63, 3.8) is 0 Å². The van der Waals surface area contributed by atoms with Gasteiger partial charge >= 0.3 is 5.97 Å². The molecule has 1 unspecified atom stereocenters. The average molecular weight is 812 g/mol. The molecule has 1 spiro atoms. The number of ether oxygens (including phenoxy) is 3. The number of nitrogens with one attached hydrogen (secondary N) is 2. The highest BCUT2D eigenvalue weighted by Gasteiger charge is 2.78. The van der Waals surface area contributed by atoms with Gasteiger partial charge in [-0.15, -0.1) is 0 Å². The van der Waals surface area contributed by atoms with Crippen LogP contribution >= 0.6 is 0 Å². The molecule has 3 fully saturated rings. The molecule has 2 saturated heterocycles. The van der Waals surface area contributed by atoms with Crippen LogP contribution in [0.3, 0.4) is 0 Å². The number of esters is 1. The van der Waals surface area contributed by atoms with E-state index in [1.807, 2.05) is 56.1 Å². The Morgan fingerprint density at radius 1 is 1.02 bits per heavy atom. The zero-order valence-corrected chi connectivity index (χ0v) is 35.3. The van der Waals surface area contributed by atoms with Crippen LogP contribution in [0.2, 0.25) is 0 Å². The first-order chi connectivity index (χ1) is 28.3. The average Bonchev–Trinajstić information content (AvgIpc) is 3.90. The fourth-order valence-electron chi connectivity index (χ4n) is 13.4. The second-order valence-corrected chi connectivity index (χ2v) is 18.4. The summed E-state index contributed by atoms with van der Waals surface area (Å²) in [7, 11) is 6.51. The molecule has 2 bridgehead atoms. The number of hydrogen-bond acceptors (Lipinski definition) is 11. The van der Waals surface area contributed by atoms with Gasteiger partial charge in [-0.2, -0.15) is 0 Å². The molecule has 3 aromatic rings. The Labute approximate surface area is 346 Å². The van der Waals surface area contributed by atoms with Crippen molar-refractivity contribution >= 4 is 28.5 Å². The van der Waals surface area contributed by atoms with Gasteiger partial charge in [-0.05, 0) is 74.2 Å². The Kier molecular flexibility index (Phi) is 9.80. The largest absolute Gasteiger partial charge is 0.496 e. The Hall–Kier alpha value is -3.98. The molecule has 1 amide bonds. The summed E-state index contributed by atoms with van der Waals surface area (Å²) in [5, 5.41) is 41.8. The number of methoxy groups -OCH3 is 3. The summed E-state index contributed by atoms with van der Waals surface area (Å²) in [6, 6.07) is 11.1. The van der Waals surface area contributed by atoms with Crippen molar-refractivity contribution in [2.75, 3.05) is 79.2 Å². The van der Waals surface area contributed by atoms with Crippen molar-refractivity contribution in [3.8, 4) is 5.75 Å². The van der Waals surface area contributed by atoms with Crippen molar-refractivity contribution in [2.45, 2.75) is 92.6 Å². The summed E-state index contributed by atoms with van der Waals surface area (Å²) in [5.74, 6) is -0.669. The van der Waals surface area contributed by atoms with E-state index in [0.29, 0.717) is 69.5 Å². The number of aromatic nitrogens is 1. The molecule has 9 rings (SSSR count). The van der Waals surface area contributed by atoms with Crippen molar-refractivity contribution < 1.29 is 39.1 Å². The smallest absolute Gasteiger partial charge is 0.322 e. The third kappa shape index (κ3) is 5.37. The lowest BCUT2D eigenvalue weighted by atomic mass is 9.47. The number of fused-ring (bicyclic) bond motifs is 6. The highest BCUT2D eigenvalue weighted by molar-refractivity contribution is 5.95. The predicted molar refractivity (Wildman–Crippen MR) is 224 cm³/mol. The number of aromatic amines is 1. The van der Waals surface area contributed by atoms with Gasteiger partial charge in [-0.1, -0.05) is 44.2 Å². The highest BCUT2D eigenvalue weighted by atomic mass is 16.5. The van der Waals surface area contributed by atoms with Gasteiger partial charge < -0.3 is 44.7 Å². The molecule has 0 radical (unpaired) electrons. The third-order valence-electron chi connectivity index (χ3n) is 15.8. The molecule has 13 nitrogen and oxygen atoms in total. The van der Waals surface area contributed by atoms with Crippen molar-refractivity contribution in [2.24, 2.45) is 11.3 Å². The number of anilines is 1. The summed E-state index contributed by atoms with van der Waals surface area (Å²) in [5.41, 5.74) is -1.33. The lowest BCUT2D eigenvalue weighted by Crippen LogP contribution is -2.81. The topological polar surface area (TPSA) is 160 Å². The number of nitrogens with zero attached hydrogens (tertiary/aromatic N) is 3. The number of hydrogen-bond donors (Lipinski definition) is 5. The van der Waals surface area contributed by atoms with E-state index in [-0.39, 0.29) is 25.1 Å². The molecule has 1 aliphatic carbocycles. The molecule has 1 saturated carbocycles. The standard InChI is InChI=1S/C46H61N5O8/c1-7-42(55)24-28-25-45(41(54)59-6,36-30(14-19-50(26-28)27-42)29-12-9-10-13-33(29)48-36)32-22-31-34(23-35(32)58-5)49(3)38-44(31)16-20-51-18-11-15-43(8-2,37(44)51)39(52)46(38,56)40(53)47-17-21-57-4/h9-13,15,22-23,28,37-39,48,52,55-56H,7-8,14,16-21,24-27H2,1-6H3,(H,47,53)/t28-,37+,38-,39-,42+,43-,44-,45+,46+/m1/s1. The SMILES string of the molecule is CC[C@]1(O)C[C@H]2CN(CCc3c([nH]c4ccccc34)[C@@](C(=O)OC)(c3cc4c(cc3OC)N(C)[C@H]3[C@@](O)(C(=O)NCCOC)[C@H](O)[C@]5(CC)C=CCN6CC[C@]43[C@@H]65)C2)C1. The van der Waals surface area contributed by atoms with Crippen molar-refractivity contribution in [1.82, 2.24) is 20.1 Å². The van der Waals surface area contributed by atoms with Crippen LogP contribution < -0.4 is 15.0 Å². The van der Waals surface area contributed by atoms with Crippen LogP contribution in [-0.2, 0) is 36.3 Å². The zero-order chi connectivity index (χ0) is 41.7. The summed E-state index contributed by atoms with van der Waals surface area (Å²) in [4.78, 5) is 40.4. The van der Waals surface area contributed by atoms with Crippen molar-refractivity contribution in [3.05, 3.63) is 70.9 Å². The fraction of sp³-hybridized carbons (Fsp3) is 0.609. The Morgan fingerprint density at radius 3 is 2.54 bits per heavy atom. The number of para-hydroxylation sites is 1. The molecule has 1 aromatic heterocycles. The number of carbonyl (C=O) groups is 2. The van der Waals surface area contributed by atoms with E-state index in [9.17, 15) is 20.1 Å². The number of amides is 1. The minimum Gasteiger partial charge on any atom is -0.496 e. The van der Waals surface area contributed by atoms with E-state index in [4.69, 9.17) is 14.2 Å². The number of piperidine rings is 1.